The first-order valence-electron chi connectivity index (χ1n) is 9.29. The van der Waals surface area contributed by atoms with E-state index in [0.29, 0.717) is 11.5 Å². The zero-order chi connectivity index (χ0) is 18.3. The Bertz CT molecular complexity index is 941. The highest BCUT2D eigenvalue weighted by atomic mass is 16.1. The van der Waals surface area contributed by atoms with Crippen molar-refractivity contribution >= 4 is 16.9 Å². The smallest absolute Gasteiger partial charge is 0.252 e. The summed E-state index contributed by atoms with van der Waals surface area (Å²) in [6.45, 7) is 6.22. The molecule has 2 heterocycles. The summed E-state index contributed by atoms with van der Waals surface area (Å²) in [5.74, 6) is 0.570. The number of pyridine rings is 1. The number of hydrogen-bond donors (Lipinski definition) is 1. The molecule has 0 saturated heterocycles. The van der Waals surface area contributed by atoms with Crippen LogP contribution in [-0.2, 0) is 0 Å². The van der Waals surface area contributed by atoms with E-state index in [1.807, 2.05) is 41.1 Å². The molecule has 1 aliphatic rings. The van der Waals surface area contributed by atoms with E-state index in [4.69, 9.17) is 4.98 Å². The van der Waals surface area contributed by atoms with Crippen LogP contribution < -0.4 is 5.32 Å². The number of fused-ring (bicyclic) bond motifs is 1. The molecule has 4 rings (SSSR count). The zero-order valence-corrected chi connectivity index (χ0v) is 15.4. The van der Waals surface area contributed by atoms with Crippen molar-refractivity contribution in [3.63, 3.8) is 0 Å². The van der Waals surface area contributed by atoms with Crippen molar-refractivity contribution < 1.29 is 4.79 Å². The van der Waals surface area contributed by atoms with Crippen molar-refractivity contribution in [2.75, 3.05) is 0 Å². The molecule has 3 aromatic rings. The SMILES string of the molecule is CC(C)n1ncc2c(C(=O)N[C@@H](C)C3CC3)cc(-c3ccccc3)nc21. The molecule has 0 bridgehead atoms. The Morgan fingerprint density at radius 1 is 1.19 bits per heavy atom. The second-order valence-electron chi connectivity index (χ2n) is 7.44. The normalized spacial score (nSPS) is 15.4. The minimum atomic E-state index is -0.0442. The van der Waals surface area contributed by atoms with Crippen LogP contribution in [0.2, 0.25) is 0 Å². The van der Waals surface area contributed by atoms with Crippen molar-refractivity contribution in [3.05, 3.63) is 48.2 Å². The fourth-order valence-corrected chi connectivity index (χ4v) is 3.34. The maximum Gasteiger partial charge on any atom is 0.252 e. The average molecular weight is 348 g/mol. The number of carbonyl (C=O) groups excluding carboxylic acids is 1. The first kappa shape index (κ1) is 16.8. The lowest BCUT2D eigenvalue weighted by atomic mass is 10.1. The second-order valence-corrected chi connectivity index (χ2v) is 7.44. The molecule has 1 amide bonds. The third kappa shape index (κ3) is 3.09. The summed E-state index contributed by atoms with van der Waals surface area (Å²) >= 11 is 0. The third-order valence-electron chi connectivity index (χ3n) is 5.06. The molecule has 1 N–H and O–H groups in total. The van der Waals surface area contributed by atoms with Crippen molar-refractivity contribution in [2.24, 2.45) is 5.92 Å². The van der Waals surface area contributed by atoms with Gasteiger partial charge in [0, 0.05) is 17.6 Å². The summed E-state index contributed by atoms with van der Waals surface area (Å²) < 4.78 is 1.88. The van der Waals surface area contributed by atoms with Gasteiger partial charge in [0.05, 0.1) is 22.8 Å². The number of amides is 1. The summed E-state index contributed by atoms with van der Waals surface area (Å²) in [5.41, 5.74) is 3.19. The maximum absolute atomic E-state index is 13.0. The van der Waals surface area contributed by atoms with Gasteiger partial charge in [0.25, 0.3) is 5.91 Å². The lowest BCUT2D eigenvalue weighted by Gasteiger charge is -2.14. The number of nitrogens with one attached hydrogen (secondary N) is 1. The molecule has 134 valence electrons. The van der Waals surface area contributed by atoms with Crippen LogP contribution in [0, 0.1) is 5.92 Å². The molecule has 1 aromatic carbocycles. The largest absolute Gasteiger partial charge is 0.349 e. The summed E-state index contributed by atoms with van der Waals surface area (Å²) in [5, 5.41) is 8.44. The molecule has 26 heavy (non-hydrogen) atoms. The molecule has 0 spiro atoms. The van der Waals surface area contributed by atoms with Crippen LogP contribution in [0.4, 0.5) is 0 Å². The molecule has 0 unspecified atom stereocenters. The van der Waals surface area contributed by atoms with Crippen LogP contribution in [0.25, 0.3) is 22.3 Å². The molecule has 1 atom stereocenters. The van der Waals surface area contributed by atoms with Crippen LogP contribution >= 0.6 is 0 Å². The van der Waals surface area contributed by atoms with Gasteiger partial charge in [-0.15, -0.1) is 0 Å². The Kier molecular flexibility index (Phi) is 4.23. The number of rotatable bonds is 5. The predicted molar refractivity (Wildman–Crippen MR) is 103 cm³/mol. The van der Waals surface area contributed by atoms with E-state index >= 15 is 0 Å². The van der Waals surface area contributed by atoms with Crippen LogP contribution in [0.1, 0.15) is 50.0 Å². The molecule has 1 aliphatic carbocycles. The van der Waals surface area contributed by atoms with E-state index in [9.17, 15) is 4.79 Å². The Labute approximate surface area is 153 Å². The molecule has 1 fully saturated rings. The van der Waals surface area contributed by atoms with Crippen LogP contribution in [-0.4, -0.2) is 26.7 Å². The molecule has 0 radical (unpaired) electrons. The van der Waals surface area contributed by atoms with E-state index in [0.717, 1.165) is 22.3 Å². The molecular weight excluding hydrogens is 324 g/mol. The van der Waals surface area contributed by atoms with Gasteiger partial charge in [-0.3, -0.25) is 4.79 Å². The van der Waals surface area contributed by atoms with E-state index in [1.54, 1.807) is 6.20 Å². The highest BCUT2D eigenvalue weighted by molar-refractivity contribution is 6.06. The molecule has 2 aromatic heterocycles. The maximum atomic E-state index is 13.0. The summed E-state index contributed by atoms with van der Waals surface area (Å²) in [4.78, 5) is 17.8. The lowest BCUT2D eigenvalue weighted by Crippen LogP contribution is -2.34. The van der Waals surface area contributed by atoms with Gasteiger partial charge in [-0.2, -0.15) is 5.10 Å². The van der Waals surface area contributed by atoms with Crippen LogP contribution in [0.15, 0.2) is 42.6 Å². The van der Waals surface area contributed by atoms with Gasteiger partial charge in [-0.05, 0) is 45.6 Å². The van der Waals surface area contributed by atoms with Crippen molar-refractivity contribution in [1.29, 1.82) is 0 Å². The zero-order valence-electron chi connectivity index (χ0n) is 15.4. The third-order valence-corrected chi connectivity index (χ3v) is 5.06. The molecule has 5 nitrogen and oxygen atoms in total. The lowest BCUT2D eigenvalue weighted by molar-refractivity contribution is 0.0937. The van der Waals surface area contributed by atoms with E-state index < -0.39 is 0 Å². The van der Waals surface area contributed by atoms with E-state index in [1.165, 1.54) is 12.8 Å². The number of hydrogen-bond acceptors (Lipinski definition) is 3. The van der Waals surface area contributed by atoms with Gasteiger partial charge in [0.1, 0.15) is 0 Å². The van der Waals surface area contributed by atoms with Gasteiger partial charge in [0.2, 0.25) is 0 Å². The quantitative estimate of drug-likeness (QED) is 0.751. The predicted octanol–water partition coefficient (Wildman–Crippen LogP) is 4.21. The average Bonchev–Trinajstić information content (AvgIpc) is 3.40. The summed E-state index contributed by atoms with van der Waals surface area (Å²) in [7, 11) is 0. The topological polar surface area (TPSA) is 59.8 Å². The highest BCUT2D eigenvalue weighted by Gasteiger charge is 2.29. The molecule has 5 heteroatoms. The van der Waals surface area contributed by atoms with E-state index in [-0.39, 0.29) is 18.0 Å². The highest BCUT2D eigenvalue weighted by Crippen LogP contribution is 2.33. The number of benzene rings is 1. The number of aromatic nitrogens is 3. The summed E-state index contributed by atoms with van der Waals surface area (Å²) in [6, 6.07) is 12.2. The van der Waals surface area contributed by atoms with Gasteiger partial charge < -0.3 is 5.32 Å². The minimum absolute atomic E-state index is 0.0442. The van der Waals surface area contributed by atoms with Gasteiger partial charge in [0.15, 0.2) is 5.65 Å². The minimum Gasteiger partial charge on any atom is -0.349 e. The molecule has 0 aliphatic heterocycles. The van der Waals surface area contributed by atoms with Gasteiger partial charge in [-0.25, -0.2) is 9.67 Å². The first-order valence-corrected chi connectivity index (χ1v) is 9.29. The molecular formula is C21H24N4O. The number of nitrogens with zero attached hydrogens (tertiary/aromatic N) is 3. The fraction of sp³-hybridized carbons (Fsp3) is 0.381. The van der Waals surface area contributed by atoms with Crippen LogP contribution in [0.5, 0.6) is 0 Å². The Morgan fingerprint density at radius 3 is 2.58 bits per heavy atom. The molecule has 1 saturated carbocycles. The monoisotopic (exact) mass is 348 g/mol. The van der Waals surface area contributed by atoms with Gasteiger partial charge >= 0.3 is 0 Å². The Morgan fingerprint density at radius 2 is 1.92 bits per heavy atom. The van der Waals surface area contributed by atoms with Crippen molar-refractivity contribution in [3.8, 4) is 11.3 Å². The second kappa shape index (κ2) is 6.56. The number of carbonyl (C=O) groups is 1. The van der Waals surface area contributed by atoms with E-state index in [2.05, 4.69) is 31.2 Å². The standard InChI is InChI=1S/C21H24N4O/c1-13(2)25-20-18(12-22-25)17(21(26)23-14(3)15-9-10-15)11-19(24-20)16-7-5-4-6-8-16/h4-8,11-15H,9-10H2,1-3H3,(H,23,26)/t14-/m0/s1. The first-order chi connectivity index (χ1) is 12.5. The Balaban J connectivity index is 1.83. The van der Waals surface area contributed by atoms with Crippen LogP contribution in [0.3, 0.4) is 0 Å². The van der Waals surface area contributed by atoms with Crippen molar-refractivity contribution in [1.82, 2.24) is 20.1 Å². The fourth-order valence-electron chi connectivity index (χ4n) is 3.34. The summed E-state index contributed by atoms with van der Waals surface area (Å²) in [6.07, 6.45) is 4.16. The van der Waals surface area contributed by atoms with Crippen molar-refractivity contribution in [2.45, 2.75) is 45.7 Å². The Hall–Kier alpha value is -2.69. The van der Waals surface area contributed by atoms with Gasteiger partial charge in [-0.1, -0.05) is 30.3 Å².